The Morgan fingerprint density at radius 3 is 2.78 bits per heavy atom. The number of halogens is 1. The lowest BCUT2D eigenvalue weighted by Gasteiger charge is -1.87. The number of carbonyl (C=O) groups is 1. The number of ketones is 1. The van der Waals surface area contributed by atoms with E-state index >= 15 is 0 Å². The second kappa shape index (κ2) is 4.77. The summed E-state index contributed by atoms with van der Waals surface area (Å²) in [6.07, 6.45) is 2.69. The Hall–Kier alpha value is -0.0800. The minimum atomic E-state index is 0. The van der Waals surface area contributed by atoms with Crippen LogP contribution in [0.2, 0.25) is 0 Å². The third kappa shape index (κ3) is 3.49. The molecule has 0 aromatic heterocycles. The van der Waals surface area contributed by atoms with Crippen LogP contribution in [-0.2, 0) is 4.79 Å². The number of carbonyl (C=O) groups excluding carboxylic acids is 1. The van der Waals surface area contributed by atoms with Crippen molar-refractivity contribution in [2.45, 2.75) is 19.3 Å². The van der Waals surface area contributed by atoms with E-state index in [1.807, 2.05) is 0 Å². The van der Waals surface area contributed by atoms with Gasteiger partial charge in [0.25, 0.3) is 0 Å². The zero-order valence-corrected chi connectivity index (χ0v) is 6.16. The molecule has 1 heterocycles. The molecule has 3 heteroatoms. The van der Waals surface area contributed by atoms with Crippen LogP contribution >= 0.6 is 0 Å². The number of quaternary nitrogens is 1. The Labute approximate surface area is 61.4 Å². The largest absolute Gasteiger partial charge is 1.00 e. The van der Waals surface area contributed by atoms with Crippen molar-refractivity contribution >= 4 is 5.78 Å². The van der Waals surface area contributed by atoms with E-state index in [2.05, 4.69) is 5.32 Å². The van der Waals surface area contributed by atoms with Crippen LogP contribution in [0.4, 0.5) is 0 Å². The van der Waals surface area contributed by atoms with Gasteiger partial charge in [0.2, 0.25) is 0 Å². The van der Waals surface area contributed by atoms with Crippen molar-refractivity contribution in [2.24, 2.45) is 0 Å². The molecule has 1 aliphatic heterocycles. The van der Waals surface area contributed by atoms with Crippen LogP contribution < -0.4 is 17.7 Å². The van der Waals surface area contributed by atoms with Gasteiger partial charge in [-0.1, -0.05) is 0 Å². The molecule has 1 aliphatic rings. The molecule has 1 saturated heterocycles. The van der Waals surface area contributed by atoms with Crippen LogP contribution in [0.5, 0.6) is 0 Å². The Balaban J connectivity index is 0.000000640. The summed E-state index contributed by atoms with van der Waals surface area (Å²) < 4.78 is 0. The lowest BCUT2D eigenvalue weighted by Crippen LogP contribution is -3.00. The standard InChI is InChI=1S/C6H11NO.ClH/c8-6-2-1-4-7-5-3-6;/h7H,1-5H2;1H. The molecule has 0 amide bonds. The van der Waals surface area contributed by atoms with E-state index in [0.717, 1.165) is 32.4 Å². The van der Waals surface area contributed by atoms with Crippen molar-refractivity contribution in [2.75, 3.05) is 13.1 Å². The lowest BCUT2D eigenvalue weighted by atomic mass is 10.2. The quantitative estimate of drug-likeness (QED) is 0.378. The molecule has 0 atom stereocenters. The zero-order valence-electron chi connectivity index (χ0n) is 5.40. The zero-order chi connectivity index (χ0) is 5.82. The minimum absolute atomic E-state index is 0. The number of rotatable bonds is 0. The summed E-state index contributed by atoms with van der Waals surface area (Å²) in [7, 11) is 0. The average Bonchev–Trinajstić information content (AvgIpc) is 1.94. The van der Waals surface area contributed by atoms with Crippen molar-refractivity contribution in [3.63, 3.8) is 0 Å². The van der Waals surface area contributed by atoms with Crippen LogP contribution in [0, 0.1) is 0 Å². The monoisotopic (exact) mass is 149 g/mol. The maximum atomic E-state index is 10.7. The first-order valence-corrected chi connectivity index (χ1v) is 3.23. The lowest BCUT2D eigenvalue weighted by molar-refractivity contribution is -0.652. The molecule has 1 rings (SSSR count). The number of nitrogens with two attached hydrogens (primary N) is 1. The molecule has 2 N–H and O–H groups in total. The highest BCUT2D eigenvalue weighted by Gasteiger charge is 2.06. The molecule has 9 heavy (non-hydrogen) atoms. The van der Waals surface area contributed by atoms with Crippen molar-refractivity contribution in [3.05, 3.63) is 0 Å². The second-order valence-electron chi connectivity index (χ2n) is 2.26. The predicted octanol–water partition coefficient (Wildman–Crippen LogP) is -3.69. The number of Topliss-reactive ketones (excluding diaryl/α,β-unsaturated/α-hetero) is 1. The Morgan fingerprint density at radius 2 is 2.00 bits per heavy atom. The molecule has 0 aromatic rings. The van der Waals surface area contributed by atoms with E-state index in [-0.39, 0.29) is 12.4 Å². The van der Waals surface area contributed by atoms with Crippen LogP contribution in [0.15, 0.2) is 0 Å². The van der Waals surface area contributed by atoms with E-state index in [4.69, 9.17) is 0 Å². The summed E-state index contributed by atoms with van der Waals surface area (Å²) >= 11 is 0. The molecule has 1 fully saturated rings. The molecule has 0 saturated carbocycles. The first-order valence-electron chi connectivity index (χ1n) is 3.23. The van der Waals surface area contributed by atoms with Crippen molar-refractivity contribution in [3.8, 4) is 0 Å². The normalized spacial score (nSPS) is 20.2. The number of hydrogen-bond acceptors (Lipinski definition) is 1. The van der Waals surface area contributed by atoms with Gasteiger partial charge < -0.3 is 17.7 Å². The van der Waals surface area contributed by atoms with Gasteiger partial charge in [-0.3, -0.25) is 4.79 Å². The third-order valence-corrected chi connectivity index (χ3v) is 1.49. The first kappa shape index (κ1) is 8.92. The topological polar surface area (TPSA) is 33.7 Å². The summed E-state index contributed by atoms with van der Waals surface area (Å²) in [5.74, 6) is 0.443. The summed E-state index contributed by atoms with van der Waals surface area (Å²) in [6, 6.07) is 0. The van der Waals surface area contributed by atoms with Gasteiger partial charge in [-0.2, -0.15) is 0 Å². The van der Waals surface area contributed by atoms with E-state index < -0.39 is 0 Å². The SMILES string of the molecule is O=C1CCC[NH2+]CC1.[Cl-]. The fourth-order valence-electron chi connectivity index (χ4n) is 0.976. The molecular weight excluding hydrogens is 138 g/mol. The van der Waals surface area contributed by atoms with Gasteiger partial charge >= 0.3 is 0 Å². The Kier molecular flexibility index (Phi) is 4.72. The molecule has 2 nitrogen and oxygen atoms in total. The van der Waals surface area contributed by atoms with Gasteiger partial charge in [-0.05, 0) is 0 Å². The molecule has 0 aliphatic carbocycles. The third-order valence-electron chi connectivity index (χ3n) is 1.49. The summed E-state index contributed by atoms with van der Waals surface area (Å²) in [5.41, 5.74) is 0. The highest BCUT2D eigenvalue weighted by molar-refractivity contribution is 5.78. The maximum Gasteiger partial charge on any atom is 0.138 e. The Bertz CT molecular complexity index is 85.1. The van der Waals surface area contributed by atoms with Gasteiger partial charge in [0.05, 0.1) is 19.5 Å². The molecule has 0 unspecified atom stereocenters. The number of hydrogen-bond donors (Lipinski definition) is 1. The van der Waals surface area contributed by atoms with Crippen molar-refractivity contribution in [1.82, 2.24) is 0 Å². The molecule has 0 bridgehead atoms. The first-order chi connectivity index (χ1) is 3.89. The van der Waals surface area contributed by atoms with Crippen LogP contribution in [0.25, 0.3) is 0 Å². The predicted molar refractivity (Wildman–Crippen MR) is 30.5 cm³/mol. The van der Waals surface area contributed by atoms with E-state index in [1.165, 1.54) is 0 Å². The molecule has 0 radical (unpaired) electrons. The van der Waals surface area contributed by atoms with Crippen LogP contribution in [-0.4, -0.2) is 18.9 Å². The van der Waals surface area contributed by atoms with Gasteiger partial charge in [-0.15, -0.1) is 0 Å². The second-order valence-corrected chi connectivity index (χ2v) is 2.26. The molecule has 0 aromatic carbocycles. The Morgan fingerprint density at radius 1 is 1.22 bits per heavy atom. The van der Waals surface area contributed by atoms with Gasteiger partial charge in [0.15, 0.2) is 0 Å². The summed E-state index contributed by atoms with van der Waals surface area (Å²) in [5, 5.41) is 2.21. The smallest absolute Gasteiger partial charge is 0.138 e. The fraction of sp³-hybridized carbons (Fsp3) is 0.833. The average molecular weight is 150 g/mol. The maximum absolute atomic E-state index is 10.7. The summed E-state index contributed by atoms with van der Waals surface area (Å²) in [4.78, 5) is 10.7. The molecule has 54 valence electrons. The van der Waals surface area contributed by atoms with Crippen LogP contribution in [0.3, 0.4) is 0 Å². The highest BCUT2D eigenvalue weighted by Crippen LogP contribution is 1.93. The fourth-order valence-corrected chi connectivity index (χ4v) is 0.976. The van der Waals surface area contributed by atoms with Gasteiger partial charge in [-0.25, -0.2) is 0 Å². The van der Waals surface area contributed by atoms with E-state index in [9.17, 15) is 4.79 Å². The molecular formula is C6H12ClNO. The highest BCUT2D eigenvalue weighted by atomic mass is 35.5. The van der Waals surface area contributed by atoms with Crippen molar-refractivity contribution in [1.29, 1.82) is 0 Å². The van der Waals surface area contributed by atoms with Crippen molar-refractivity contribution < 1.29 is 22.5 Å². The molecule has 0 spiro atoms. The minimum Gasteiger partial charge on any atom is -1.00 e. The van der Waals surface area contributed by atoms with E-state index in [1.54, 1.807) is 0 Å². The van der Waals surface area contributed by atoms with E-state index in [0.29, 0.717) is 5.78 Å². The summed E-state index contributed by atoms with van der Waals surface area (Å²) in [6.45, 7) is 2.16. The van der Waals surface area contributed by atoms with Gasteiger partial charge in [0, 0.05) is 12.8 Å². The van der Waals surface area contributed by atoms with Crippen LogP contribution in [0.1, 0.15) is 19.3 Å². The van der Waals surface area contributed by atoms with Gasteiger partial charge in [0.1, 0.15) is 5.78 Å².